The molecule has 106 valence electrons. The number of carboxylic acid groups (broad SMARTS) is 1. The highest BCUT2D eigenvalue weighted by Crippen LogP contribution is 2.38. The molecular weight excluding hydrogens is 381 g/mol. The Morgan fingerprint density at radius 1 is 1.29 bits per heavy atom. The quantitative estimate of drug-likeness (QED) is 0.671. The van der Waals surface area contributed by atoms with Crippen LogP contribution < -0.4 is 0 Å². The van der Waals surface area contributed by atoms with Gasteiger partial charge in [-0.1, -0.05) is 57.3 Å². The van der Waals surface area contributed by atoms with Gasteiger partial charge in [0.05, 0.1) is 11.8 Å². The number of halogens is 3. The van der Waals surface area contributed by atoms with Crippen LogP contribution in [0.15, 0.2) is 34.9 Å². The van der Waals surface area contributed by atoms with Crippen molar-refractivity contribution in [3.05, 3.63) is 50.8 Å². The fourth-order valence-electron chi connectivity index (χ4n) is 1.97. The number of carbonyl (C=O) groups is 1. The molecule has 3 aromatic rings. The molecule has 5 nitrogen and oxygen atoms in total. The first kappa shape index (κ1) is 14.3. The van der Waals surface area contributed by atoms with E-state index in [9.17, 15) is 4.79 Å². The number of carboxylic acids is 1. The van der Waals surface area contributed by atoms with E-state index < -0.39 is 5.97 Å². The number of fused-ring (bicyclic) bond motifs is 1. The van der Waals surface area contributed by atoms with Crippen molar-refractivity contribution in [2.45, 2.75) is 0 Å². The number of hydrogen-bond donors (Lipinski definition) is 1. The highest BCUT2D eigenvalue weighted by atomic mass is 79.9. The van der Waals surface area contributed by atoms with Gasteiger partial charge in [0.1, 0.15) is 15.9 Å². The molecule has 0 bridgehead atoms. The predicted octanol–water partition coefficient (Wildman–Crippen LogP) is 4.16. The summed E-state index contributed by atoms with van der Waals surface area (Å²) in [5, 5.41) is 13.4. The number of aromatic carboxylic acids is 1. The van der Waals surface area contributed by atoms with Gasteiger partial charge >= 0.3 is 5.97 Å². The highest BCUT2D eigenvalue weighted by molar-refractivity contribution is 9.10. The lowest BCUT2D eigenvalue weighted by molar-refractivity contribution is 0.0699. The summed E-state index contributed by atoms with van der Waals surface area (Å²) in [4.78, 5) is 15.2. The molecule has 1 aromatic carbocycles. The van der Waals surface area contributed by atoms with Gasteiger partial charge < -0.3 is 5.11 Å². The maximum absolute atomic E-state index is 11.1. The van der Waals surface area contributed by atoms with Crippen LogP contribution >= 0.6 is 39.1 Å². The van der Waals surface area contributed by atoms with Crippen molar-refractivity contribution in [2.24, 2.45) is 0 Å². The molecule has 0 aliphatic carbocycles. The second kappa shape index (κ2) is 5.29. The van der Waals surface area contributed by atoms with Crippen LogP contribution in [0.5, 0.6) is 0 Å². The van der Waals surface area contributed by atoms with E-state index >= 15 is 0 Å². The summed E-state index contributed by atoms with van der Waals surface area (Å²) >= 11 is 16.0. The molecule has 0 fully saturated rings. The molecule has 0 atom stereocenters. The van der Waals surface area contributed by atoms with Gasteiger partial charge in [0.25, 0.3) is 0 Å². The average Bonchev–Trinajstić information content (AvgIpc) is 2.85. The number of nitrogens with zero attached hydrogens (tertiary/aromatic N) is 3. The third-order valence-corrected chi connectivity index (χ3v) is 4.23. The lowest BCUT2D eigenvalue weighted by Gasteiger charge is -2.10. The van der Waals surface area contributed by atoms with Crippen molar-refractivity contribution in [1.29, 1.82) is 0 Å². The molecule has 1 N–H and O–H groups in total. The van der Waals surface area contributed by atoms with Crippen LogP contribution in [0.1, 0.15) is 10.4 Å². The van der Waals surface area contributed by atoms with Gasteiger partial charge in [0, 0.05) is 10.0 Å². The molecule has 0 aliphatic rings. The number of aromatic nitrogens is 3. The second-order valence-electron chi connectivity index (χ2n) is 4.15. The topological polar surface area (TPSA) is 67.5 Å². The zero-order valence-corrected chi connectivity index (χ0v) is 13.3. The first-order valence-corrected chi connectivity index (χ1v) is 7.26. The first-order valence-electron chi connectivity index (χ1n) is 5.71. The average molecular weight is 387 g/mol. The Labute approximate surface area is 137 Å². The molecule has 0 saturated carbocycles. The Morgan fingerprint density at radius 3 is 2.67 bits per heavy atom. The number of benzene rings is 1. The highest BCUT2D eigenvalue weighted by Gasteiger charge is 2.21. The zero-order chi connectivity index (χ0) is 15.1. The van der Waals surface area contributed by atoms with Gasteiger partial charge in [-0.05, 0) is 6.07 Å². The largest absolute Gasteiger partial charge is 0.477 e. The van der Waals surface area contributed by atoms with Crippen molar-refractivity contribution in [3.8, 4) is 11.1 Å². The summed E-state index contributed by atoms with van der Waals surface area (Å²) in [7, 11) is 0. The Morgan fingerprint density at radius 2 is 2.00 bits per heavy atom. The van der Waals surface area contributed by atoms with Crippen LogP contribution in [-0.4, -0.2) is 25.7 Å². The minimum Gasteiger partial charge on any atom is -0.477 e. The van der Waals surface area contributed by atoms with E-state index in [1.165, 1.54) is 10.7 Å². The zero-order valence-electron chi connectivity index (χ0n) is 10.2. The van der Waals surface area contributed by atoms with E-state index in [-0.39, 0.29) is 21.5 Å². The lowest BCUT2D eigenvalue weighted by Crippen LogP contribution is -2.01. The maximum Gasteiger partial charge on any atom is 0.341 e. The van der Waals surface area contributed by atoms with Gasteiger partial charge in [-0.15, -0.1) is 0 Å². The molecule has 2 aromatic heterocycles. The van der Waals surface area contributed by atoms with Crippen molar-refractivity contribution < 1.29 is 9.90 Å². The standard InChI is InChI=1S/C13H6BrCl2N3O2/c14-8-4-2-1-3-6(8)9-10(15)18-12-7(13(20)21)5-17-19(12)11(9)16/h1-5H,(H,20,21). The first-order chi connectivity index (χ1) is 10.0. The summed E-state index contributed by atoms with van der Waals surface area (Å²) < 4.78 is 2.05. The minimum absolute atomic E-state index is 0.0579. The Hall–Kier alpha value is -1.63. The van der Waals surface area contributed by atoms with E-state index in [1.807, 2.05) is 24.3 Å². The molecule has 2 heterocycles. The maximum atomic E-state index is 11.1. The van der Waals surface area contributed by atoms with Crippen LogP contribution in [0.2, 0.25) is 10.3 Å². The smallest absolute Gasteiger partial charge is 0.341 e. The van der Waals surface area contributed by atoms with E-state index in [0.717, 1.165) is 10.0 Å². The SMILES string of the molecule is O=C(O)c1cnn2c(Cl)c(-c3ccccc3Br)c(Cl)nc12. The van der Waals surface area contributed by atoms with Crippen LogP contribution in [0.4, 0.5) is 0 Å². The summed E-state index contributed by atoms with van der Waals surface area (Å²) in [6, 6.07) is 7.37. The van der Waals surface area contributed by atoms with Crippen molar-refractivity contribution in [3.63, 3.8) is 0 Å². The third-order valence-electron chi connectivity index (χ3n) is 2.92. The van der Waals surface area contributed by atoms with E-state index in [2.05, 4.69) is 26.0 Å². The van der Waals surface area contributed by atoms with Crippen molar-refractivity contribution in [2.75, 3.05) is 0 Å². The molecule has 0 aliphatic heterocycles. The van der Waals surface area contributed by atoms with Gasteiger partial charge in [0.15, 0.2) is 5.65 Å². The normalized spacial score (nSPS) is 11.0. The fourth-order valence-corrected chi connectivity index (χ4v) is 3.09. The van der Waals surface area contributed by atoms with Gasteiger partial charge in [-0.3, -0.25) is 0 Å². The molecule has 0 amide bonds. The fraction of sp³-hybridized carbons (Fsp3) is 0. The molecule has 3 rings (SSSR count). The Kier molecular flexibility index (Phi) is 3.61. The number of rotatable bonds is 2. The monoisotopic (exact) mass is 385 g/mol. The predicted molar refractivity (Wildman–Crippen MR) is 83.1 cm³/mol. The molecule has 0 unspecified atom stereocenters. The van der Waals surface area contributed by atoms with Crippen LogP contribution in [0.25, 0.3) is 16.8 Å². The van der Waals surface area contributed by atoms with E-state index in [0.29, 0.717) is 5.56 Å². The lowest BCUT2D eigenvalue weighted by atomic mass is 10.1. The summed E-state index contributed by atoms with van der Waals surface area (Å²) in [6.07, 6.45) is 1.19. The second-order valence-corrected chi connectivity index (χ2v) is 5.72. The van der Waals surface area contributed by atoms with Crippen molar-refractivity contribution in [1.82, 2.24) is 14.6 Å². The summed E-state index contributed by atoms with van der Waals surface area (Å²) in [6.45, 7) is 0. The number of hydrogen-bond acceptors (Lipinski definition) is 3. The van der Waals surface area contributed by atoms with Crippen LogP contribution in [-0.2, 0) is 0 Å². The summed E-state index contributed by atoms with van der Waals surface area (Å²) in [5.41, 5.74) is 1.28. The molecular formula is C13H6BrCl2N3O2. The Bertz CT molecular complexity index is 879. The molecule has 8 heteroatoms. The van der Waals surface area contributed by atoms with Crippen LogP contribution in [0.3, 0.4) is 0 Å². The summed E-state index contributed by atoms with van der Waals surface area (Å²) in [5.74, 6) is -1.14. The van der Waals surface area contributed by atoms with Gasteiger partial charge in [-0.25, -0.2) is 14.3 Å². The Balaban J connectivity index is 2.36. The molecule has 21 heavy (non-hydrogen) atoms. The molecule has 0 saturated heterocycles. The van der Waals surface area contributed by atoms with Gasteiger partial charge in [0.2, 0.25) is 0 Å². The van der Waals surface area contributed by atoms with E-state index in [1.54, 1.807) is 0 Å². The molecule has 0 radical (unpaired) electrons. The van der Waals surface area contributed by atoms with Gasteiger partial charge in [-0.2, -0.15) is 5.10 Å². The van der Waals surface area contributed by atoms with E-state index in [4.69, 9.17) is 28.3 Å². The minimum atomic E-state index is -1.14. The van der Waals surface area contributed by atoms with Crippen LogP contribution in [0, 0.1) is 0 Å². The third kappa shape index (κ3) is 2.29. The molecule has 0 spiro atoms. The van der Waals surface area contributed by atoms with Crippen molar-refractivity contribution >= 4 is 50.7 Å².